The Morgan fingerprint density at radius 2 is 2.11 bits per heavy atom. The number of carbonyl (C=O) groups excluding carboxylic acids is 1. The minimum atomic E-state index is -0.169. The summed E-state index contributed by atoms with van der Waals surface area (Å²) in [5, 5.41) is 2.74. The van der Waals surface area contributed by atoms with Crippen LogP contribution in [0.3, 0.4) is 0 Å². The highest BCUT2D eigenvalue weighted by molar-refractivity contribution is 9.18. The molecular formula is C14H20BrNO2. The summed E-state index contributed by atoms with van der Waals surface area (Å²) in [6, 6.07) is 4.25. The normalized spacial score (nSPS) is 10.6. The van der Waals surface area contributed by atoms with E-state index in [0.29, 0.717) is 12.5 Å². The van der Waals surface area contributed by atoms with Gasteiger partial charge < -0.3 is 10.1 Å². The number of carbonyl (C=O) groups is 1. The minimum Gasteiger partial charge on any atom is -0.496 e. The monoisotopic (exact) mass is 313 g/mol. The number of benzene rings is 1. The molecule has 0 heterocycles. The molecule has 1 aromatic carbocycles. The SMILES string of the molecule is COc1cc(C)c(CCNC(=O)Br)cc1C(C)C. The van der Waals surface area contributed by atoms with E-state index in [1.165, 1.54) is 16.7 Å². The number of methoxy groups -OCH3 is 1. The molecule has 0 aliphatic carbocycles. The van der Waals surface area contributed by atoms with Gasteiger partial charge in [0.05, 0.1) is 7.11 Å². The highest BCUT2D eigenvalue weighted by Gasteiger charge is 2.11. The fourth-order valence-electron chi connectivity index (χ4n) is 1.94. The molecule has 0 fully saturated rings. The van der Waals surface area contributed by atoms with Gasteiger partial charge >= 0.3 is 0 Å². The van der Waals surface area contributed by atoms with Crippen LogP contribution in [0.15, 0.2) is 12.1 Å². The van der Waals surface area contributed by atoms with Gasteiger partial charge in [0.2, 0.25) is 0 Å². The van der Waals surface area contributed by atoms with E-state index in [9.17, 15) is 4.79 Å². The molecule has 0 unspecified atom stereocenters. The fourth-order valence-corrected chi connectivity index (χ4v) is 2.14. The maximum absolute atomic E-state index is 10.8. The van der Waals surface area contributed by atoms with E-state index in [1.807, 2.05) is 0 Å². The Morgan fingerprint density at radius 3 is 2.61 bits per heavy atom. The van der Waals surface area contributed by atoms with Gasteiger partial charge in [0.1, 0.15) is 5.75 Å². The molecule has 0 spiro atoms. The van der Waals surface area contributed by atoms with Gasteiger partial charge in [-0.1, -0.05) is 19.9 Å². The van der Waals surface area contributed by atoms with Crippen LogP contribution in [0.5, 0.6) is 5.75 Å². The average Bonchev–Trinajstić information content (AvgIpc) is 2.29. The van der Waals surface area contributed by atoms with Crippen molar-refractivity contribution in [2.45, 2.75) is 33.1 Å². The molecule has 0 radical (unpaired) electrons. The molecule has 0 aliphatic heterocycles. The molecule has 1 rings (SSSR count). The molecule has 3 nitrogen and oxygen atoms in total. The zero-order valence-corrected chi connectivity index (χ0v) is 12.9. The number of ether oxygens (including phenoxy) is 1. The van der Waals surface area contributed by atoms with E-state index in [2.05, 4.69) is 54.2 Å². The Hall–Kier alpha value is -1.03. The number of hydrogen-bond acceptors (Lipinski definition) is 2. The van der Waals surface area contributed by atoms with Crippen molar-refractivity contribution >= 4 is 20.7 Å². The van der Waals surface area contributed by atoms with Crippen LogP contribution in [-0.4, -0.2) is 18.5 Å². The number of hydrogen-bond donors (Lipinski definition) is 1. The smallest absolute Gasteiger partial charge is 0.287 e. The fraction of sp³-hybridized carbons (Fsp3) is 0.500. The molecule has 0 aliphatic rings. The van der Waals surface area contributed by atoms with E-state index in [4.69, 9.17) is 4.74 Å². The summed E-state index contributed by atoms with van der Waals surface area (Å²) in [4.78, 5) is 10.6. The van der Waals surface area contributed by atoms with Crippen molar-refractivity contribution in [3.05, 3.63) is 28.8 Å². The molecule has 0 bridgehead atoms. The van der Waals surface area contributed by atoms with Crippen LogP contribution < -0.4 is 10.1 Å². The number of halogens is 1. The Kier molecular flexibility index (Phi) is 5.66. The van der Waals surface area contributed by atoms with Gasteiger partial charge in [-0.05, 0) is 42.0 Å². The Morgan fingerprint density at radius 1 is 1.44 bits per heavy atom. The average molecular weight is 314 g/mol. The van der Waals surface area contributed by atoms with Crippen LogP contribution in [0.2, 0.25) is 0 Å². The number of rotatable bonds is 5. The largest absolute Gasteiger partial charge is 0.496 e. The van der Waals surface area contributed by atoms with Gasteiger partial charge in [0.25, 0.3) is 4.82 Å². The van der Waals surface area contributed by atoms with Gasteiger partial charge in [-0.2, -0.15) is 0 Å². The van der Waals surface area contributed by atoms with Crippen LogP contribution in [0.1, 0.15) is 36.5 Å². The maximum Gasteiger partial charge on any atom is 0.287 e. The Bertz CT molecular complexity index is 430. The topological polar surface area (TPSA) is 38.3 Å². The van der Waals surface area contributed by atoms with E-state index in [0.717, 1.165) is 12.2 Å². The van der Waals surface area contributed by atoms with Crippen LogP contribution in [-0.2, 0) is 6.42 Å². The third kappa shape index (κ3) is 4.02. The molecule has 0 saturated heterocycles. The van der Waals surface area contributed by atoms with E-state index in [-0.39, 0.29) is 4.82 Å². The first-order chi connectivity index (χ1) is 8.45. The standard InChI is InChI=1S/C14H20BrNO2/c1-9(2)12-8-11(5-6-16-14(15)17)10(3)7-13(12)18-4/h7-9H,5-6H2,1-4H3,(H,16,17). The molecule has 1 amide bonds. The van der Waals surface area contributed by atoms with Gasteiger partial charge in [-0.25, -0.2) is 0 Å². The summed E-state index contributed by atoms with van der Waals surface area (Å²) >= 11 is 2.86. The second-order valence-corrected chi connectivity index (χ2v) is 5.35. The van der Waals surface area contributed by atoms with Crippen molar-refractivity contribution in [3.8, 4) is 5.75 Å². The molecule has 4 heteroatoms. The van der Waals surface area contributed by atoms with Gasteiger partial charge in [-0.3, -0.25) is 4.79 Å². The predicted octanol–water partition coefficient (Wildman–Crippen LogP) is 3.77. The number of aryl methyl sites for hydroxylation is 1. The summed E-state index contributed by atoms with van der Waals surface area (Å²) in [6.45, 7) is 7.00. The lowest BCUT2D eigenvalue weighted by Crippen LogP contribution is -2.19. The lowest BCUT2D eigenvalue weighted by molar-refractivity contribution is 0.262. The zero-order valence-electron chi connectivity index (χ0n) is 11.3. The first-order valence-corrected chi connectivity index (χ1v) is 6.85. The van der Waals surface area contributed by atoms with Crippen LogP contribution in [0.25, 0.3) is 0 Å². The maximum atomic E-state index is 10.8. The summed E-state index contributed by atoms with van der Waals surface area (Å²) in [5.74, 6) is 1.36. The highest BCUT2D eigenvalue weighted by Crippen LogP contribution is 2.29. The van der Waals surface area contributed by atoms with Crippen LogP contribution >= 0.6 is 15.9 Å². The van der Waals surface area contributed by atoms with Crippen molar-refractivity contribution in [3.63, 3.8) is 0 Å². The van der Waals surface area contributed by atoms with Crippen molar-refractivity contribution < 1.29 is 9.53 Å². The molecular weight excluding hydrogens is 294 g/mol. The number of amides is 1. The summed E-state index contributed by atoms with van der Waals surface area (Å²) in [5.41, 5.74) is 3.66. The zero-order chi connectivity index (χ0) is 13.7. The van der Waals surface area contributed by atoms with Crippen molar-refractivity contribution in [2.24, 2.45) is 0 Å². The van der Waals surface area contributed by atoms with Crippen LogP contribution in [0, 0.1) is 6.92 Å². The first kappa shape index (κ1) is 15.0. The second kappa shape index (κ2) is 6.78. The highest BCUT2D eigenvalue weighted by atomic mass is 79.9. The van der Waals surface area contributed by atoms with Crippen molar-refractivity contribution in [2.75, 3.05) is 13.7 Å². The van der Waals surface area contributed by atoms with E-state index >= 15 is 0 Å². The third-order valence-electron chi connectivity index (χ3n) is 2.97. The molecule has 1 N–H and O–H groups in total. The van der Waals surface area contributed by atoms with Crippen LogP contribution in [0.4, 0.5) is 4.79 Å². The van der Waals surface area contributed by atoms with Crippen molar-refractivity contribution in [1.82, 2.24) is 5.32 Å². The van der Waals surface area contributed by atoms with Crippen molar-refractivity contribution in [1.29, 1.82) is 0 Å². The second-order valence-electron chi connectivity index (χ2n) is 4.63. The molecule has 0 saturated carbocycles. The molecule has 18 heavy (non-hydrogen) atoms. The number of nitrogens with one attached hydrogen (secondary N) is 1. The summed E-state index contributed by atoms with van der Waals surface area (Å²) in [6.07, 6.45) is 0.826. The Balaban J connectivity index is 2.91. The third-order valence-corrected chi connectivity index (χ3v) is 3.25. The molecule has 0 aromatic heterocycles. The predicted molar refractivity (Wildman–Crippen MR) is 77.8 cm³/mol. The first-order valence-electron chi connectivity index (χ1n) is 6.06. The minimum absolute atomic E-state index is 0.169. The van der Waals surface area contributed by atoms with Gasteiger partial charge in [0.15, 0.2) is 0 Å². The molecule has 0 atom stereocenters. The summed E-state index contributed by atoms with van der Waals surface area (Å²) in [7, 11) is 1.70. The van der Waals surface area contributed by atoms with E-state index < -0.39 is 0 Å². The Labute approximate surface area is 117 Å². The van der Waals surface area contributed by atoms with Gasteiger partial charge in [0, 0.05) is 22.5 Å². The lowest BCUT2D eigenvalue weighted by atomic mass is 9.95. The van der Waals surface area contributed by atoms with Gasteiger partial charge in [-0.15, -0.1) is 0 Å². The molecule has 1 aromatic rings. The van der Waals surface area contributed by atoms with E-state index in [1.54, 1.807) is 7.11 Å². The summed E-state index contributed by atoms with van der Waals surface area (Å²) < 4.78 is 5.41. The lowest BCUT2D eigenvalue weighted by Gasteiger charge is -2.16. The molecule has 100 valence electrons. The quantitative estimate of drug-likeness (QED) is 0.663.